The Bertz CT molecular complexity index is 1600. The van der Waals surface area contributed by atoms with E-state index in [2.05, 4.69) is 21.2 Å². The maximum absolute atomic E-state index is 13.8. The van der Waals surface area contributed by atoms with Crippen LogP contribution in [0.1, 0.15) is 49.3 Å². The quantitative estimate of drug-likeness (QED) is 0.182. The molecule has 2 aliphatic heterocycles. The molecule has 3 aromatic rings. The van der Waals surface area contributed by atoms with E-state index in [1.165, 1.54) is 0 Å². The summed E-state index contributed by atoms with van der Waals surface area (Å²) >= 11 is 1.59. The van der Waals surface area contributed by atoms with Gasteiger partial charge in [0.05, 0.1) is 21.9 Å². The number of dihydropyridines is 1. The second kappa shape index (κ2) is 12.2. The minimum absolute atomic E-state index is 0.0544. The van der Waals surface area contributed by atoms with Gasteiger partial charge < -0.3 is 10.6 Å². The molecule has 0 saturated heterocycles. The van der Waals surface area contributed by atoms with Gasteiger partial charge in [-0.15, -0.1) is 11.8 Å². The SMILES string of the molecule is CC1=C(C(=O)Nc2ccc(C3=NNC(=O)CC3)cc2)C(c2ccccc2SCc2ccccc2)C([N+](=O)[O-])=C(C)N1. The maximum Gasteiger partial charge on any atom is 0.277 e. The van der Waals surface area contributed by atoms with Crippen molar-refractivity contribution in [1.82, 2.24) is 10.7 Å². The van der Waals surface area contributed by atoms with Gasteiger partial charge in [0.1, 0.15) is 5.92 Å². The minimum atomic E-state index is -0.870. The summed E-state index contributed by atoms with van der Waals surface area (Å²) in [7, 11) is 0. The van der Waals surface area contributed by atoms with Crippen LogP contribution in [0.3, 0.4) is 0 Å². The Balaban J connectivity index is 1.45. The number of nitrogens with one attached hydrogen (secondary N) is 3. The second-order valence-electron chi connectivity index (χ2n) is 9.80. The molecule has 2 heterocycles. The minimum Gasteiger partial charge on any atom is -0.357 e. The van der Waals surface area contributed by atoms with Gasteiger partial charge in [0.25, 0.3) is 11.6 Å². The first-order valence-electron chi connectivity index (χ1n) is 13.2. The van der Waals surface area contributed by atoms with E-state index in [1.54, 1.807) is 37.7 Å². The average Bonchev–Trinajstić information content (AvgIpc) is 2.97. The van der Waals surface area contributed by atoms with Crippen LogP contribution in [-0.2, 0) is 15.3 Å². The zero-order valence-electron chi connectivity index (χ0n) is 22.6. The molecule has 0 aromatic heterocycles. The first-order chi connectivity index (χ1) is 19.8. The fourth-order valence-electron chi connectivity index (χ4n) is 5.04. The van der Waals surface area contributed by atoms with Crippen LogP contribution < -0.4 is 16.1 Å². The van der Waals surface area contributed by atoms with Crippen molar-refractivity contribution in [3.63, 3.8) is 0 Å². The number of hydrogen-bond donors (Lipinski definition) is 3. The summed E-state index contributed by atoms with van der Waals surface area (Å²) in [5.74, 6) is -0.726. The molecule has 0 radical (unpaired) electrons. The van der Waals surface area contributed by atoms with Crippen LogP contribution in [-0.4, -0.2) is 22.4 Å². The van der Waals surface area contributed by atoms with Crippen molar-refractivity contribution in [2.75, 3.05) is 5.32 Å². The van der Waals surface area contributed by atoms with E-state index in [9.17, 15) is 19.7 Å². The molecule has 5 rings (SSSR count). The van der Waals surface area contributed by atoms with Gasteiger partial charge in [-0.3, -0.25) is 19.7 Å². The number of hydrogen-bond acceptors (Lipinski definition) is 7. The van der Waals surface area contributed by atoms with E-state index >= 15 is 0 Å². The number of thioether (sulfide) groups is 1. The number of carbonyl (C=O) groups excluding carboxylic acids is 2. The first kappa shape index (κ1) is 27.9. The Morgan fingerprint density at radius 1 is 1.00 bits per heavy atom. The lowest BCUT2D eigenvalue weighted by Gasteiger charge is -2.28. The molecule has 2 aliphatic rings. The molecule has 0 spiro atoms. The first-order valence-corrected chi connectivity index (χ1v) is 14.2. The molecule has 3 aromatic carbocycles. The molecular weight excluding hydrogens is 538 g/mol. The van der Waals surface area contributed by atoms with Crippen LogP contribution in [0.25, 0.3) is 0 Å². The predicted octanol–water partition coefficient (Wildman–Crippen LogP) is 5.70. The second-order valence-corrected chi connectivity index (χ2v) is 10.8. The van der Waals surface area contributed by atoms with Gasteiger partial charge in [0, 0.05) is 34.9 Å². The fraction of sp³-hybridized carbons (Fsp3) is 0.194. The van der Waals surface area contributed by atoms with Crippen LogP contribution in [0.2, 0.25) is 0 Å². The monoisotopic (exact) mass is 567 g/mol. The van der Waals surface area contributed by atoms with E-state index in [-0.39, 0.29) is 11.6 Å². The number of anilines is 1. The highest BCUT2D eigenvalue weighted by Gasteiger charge is 2.41. The molecule has 2 amide bonds. The van der Waals surface area contributed by atoms with Crippen molar-refractivity contribution < 1.29 is 14.5 Å². The number of rotatable bonds is 8. The predicted molar refractivity (Wildman–Crippen MR) is 160 cm³/mol. The lowest BCUT2D eigenvalue weighted by molar-refractivity contribution is -0.431. The third kappa shape index (κ3) is 6.22. The Hall–Kier alpha value is -4.70. The number of allylic oxidation sites excluding steroid dienone is 3. The normalized spacial score (nSPS) is 17.0. The van der Waals surface area contributed by atoms with Gasteiger partial charge in [-0.05, 0) is 48.7 Å². The smallest absolute Gasteiger partial charge is 0.277 e. The summed E-state index contributed by atoms with van der Waals surface area (Å²) in [6.45, 7) is 3.43. The average molecular weight is 568 g/mol. The van der Waals surface area contributed by atoms with Gasteiger partial charge in [-0.25, -0.2) is 5.43 Å². The summed E-state index contributed by atoms with van der Waals surface area (Å²) in [6.07, 6.45) is 0.907. The highest BCUT2D eigenvalue weighted by molar-refractivity contribution is 7.98. The number of benzene rings is 3. The Morgan fingerprint density at radius 3 is 2.39 bits per heavy atom. The van der Waals surface area contributed by atoms with Crippen molar-refractivity contribution in [3.05, 3.63) is 128 Å². The zero-order chi connectivity index (χ0) is 28.9. The van der Waals surface area contributed by atoms with E-state index < -0.39 is 16.7 Å². The van der Waals surface area contributed by atoms with E-state index in [0.717, 1.165) is 21.7 Å². The highest BCUT2D eigenvalue weighted by atomic mass is 32.2. The number of nitrogens with zero attached hydrogens (tertiary/aromatic N) is 2. The third-order valence-electron chi connectivity index (χ3n) is 7.01. The van der Waals surface area contributed by atoms with Crippen LogP contribution in [0.15, 0.2) is 112 Å². The van der Waals surface area contributed by atoms with Gasteiger partial charge in [0.2, 0.25) is 5.91 Å². The van der Waals surface area contributed by atoms with Crippen molar-refractivity contribution in [1.29, 1.82) is 0 Å². The highest BCUT2D eigenvalue weighted by Crippen LogP contribution is 2.43. The van der Waals surface area contributed by atoms with Crippen molar-refractivity contribution in [3.8, 4) is 0 Å². The Labute approximate surface area is 242 Å². The number of amides is 2. The third-order valence-corrected chi connectivity index (χ3v) is 8.17. The molecule has 0 saturated carbocycles. The fourth-order valence-corrected chi connectivity index (χ4v) is 6.08. The van der Waals surface area contributed by atoms with Crippen LogP contribution in [0.4, 0.5) is 5.69 Å². The molecule has 1 atom stereocenters. The largest absolute Gasteiger partial charge is 0.357 e. The molecule has 1 unspecified atom stereocenters. The number of nitro groups is 1. The number of hydrazone groups is 1. The molecule has 0 aliphatic carbocycles. The van der Waals surface area contributed by atoms with E-state index in [0.29, 0.717) is 46.8 Å². The summed E-state index contributed by atoms with van der Waals surface area (Å²) in [5, 5.41) is 22.5. The molecule has 0 bridgehead atoms. The molecule has 41 heavy (non-hydrogen) atoms. The van der Waals surface area contributed by atoms with Gasteiger partial charge in [0.15, 0.2) is 0 Å². The van der Waals surface area contributed by atoms with Gasteiger partial charge >= 0.3 is 0 Å². The zero-order valence-corrected chi connectivity index (χ0v) is 23.5. The molecule has 208 valence electrons. The van der Waals surface area contributed by atoms with Crippen molar-refractivity contribution >= 4 is 35.0 Å². The number of carbonyl (C=O) groups is 2. The van der Waals surface area contributed by atoms with Crippen molar-refractivity contribution in [2.24, 2.45) is 5.10 Å². The van der Waals surface area contributed by atoms with Crippen LogP contribution in [0, 0.1) is 10.1 Å². The summed E-state index contributed by atoms with van der Waals surface area (Å²) in [5.41, 5.74) is 7.67. The summed E-state index contributed by atoms with van der Waals surface area (Å²) in [4.78, 5) is 38.1. The topological polar surface area (TPSA) is 126 Å². The van der Waals surface area contributed by atoms with Crippen LogP contribution >= 0.6 is 11.8 Å². The Kier molecular flexibility index (Phi) is 8.30. The van der Waals surface area contributed by atoms with E-state index in [4.69, 9.17) is 0 Å². The summed E-state index contributed by atoms with van der Waals surface area (Å²) in [6, 6.07) is 24.7. The molecule has 9 nitrogen and oxygen atoms in total. The van der Waals surface area contributed by atoms with Crippen LogP contribution in [0.5, 0.6) is 0 Å². The molecule has 10 heteroatoms. The maximum atomic E-state index is 13.8. The lowest BCUT2D eigenvalue weighted by atomic mass is 9.83. The molecular formula is C31H29N5O4S. The Morgan fingerprint density at radius 2 is 1.71 bits per heavy atom. The van der Waals surface area contributed by atoms with Crippen molar-refractivity contribution in [2.45, 2.75) is 43.3 Å². The molecule has 0 fully saturated rings. The van der Waals surface area contributed by atoms with E-state index in [1.807, 2.05) is 66.7 Å². The molecule has 3 N–H and O–H groups in total. The lowest BCUT2D eigenvalue weighted by Crippen LogP contribution is -2.33. The van der Waals surface area contributed by atoms with Gasteiger partial charge in [-0.1, -0.05) is 60.7 Å². The standard InChI is InChI=1S/C31H29N5O4S/c1-19-28(31(38)33-23-14-12-22(13-15-23)25-16-17-27(37)35-34-25)29(30(36(39)40)20(2)32-19)24-10-6-7-11-26(24)41-18-21-8-4-3-5-9-21/h3-15,29,32H,16-18H2,1-2H3,(H,33,38)(H,35,37). The van der Waals surface area contributed by atoms with Gasteiger partial charge in [-0.2, -0.15) is 5.10 Å². The summed E-state index contributed by atoms with van der Waals surface area (Å²) < 4.78 is 0.